The van der Waals surface area contributed by atoms with Crippen LogP contribution in [0.5, 0.6) is 0 Å². The maximum absolute atomic E-state index is 15.5. The molecular weight excluding hydrogens is 898 g/mol. The first kappa shape index (κ1) is 53.8. The summed E-state index contributed by atoms with van der Waals surface area (Å²) in [5.74, 6) is -2.40. The third-order valence-corrected chi connectivity index (χ3v) is 16.0. The Morgan fingerprint density at radius 3 is 2.04 bits per heavy atom. The number of aromatic nitrogens is 2. The van der Waals surface area contributed by atoms with E-state index >= 15 is 4.39 Å². The number of carbonyl (C=O) groups is 2. The molecule has 68 heavy (non-hydrogen) atoms. The van der Waals surface area contributed by atoms with Crippen molar-refractivity contribution in [1.82, 2.24) is 24.1 Å². The van der Waals surface area contributed by atoms with Crippen molar-refractivity contribution in [2.24, 2.45) is 0 Å². The number of benzene rings is 1. The Morgan fingerprint density at radius 1 is 0.868 bits per heavy atom. The Labute approximate surface area is 402 Å². The van der Waals surface area contributed by atoms with Gasteiger partial charge in [0.15, 0.2) is 11.6 Å². The summed E-state index contributed by atoms with van der Waals surface area (Å²) in [6, 6.07) is 2.69. The lowest BCUT2D eigenvalue weighted by Gasteiger charge is -2.40. The molecule has 2 N–H and O–H groups in total. The number of ether oxygens (including phenoxy) is 5. The number of hydrogen-bond donors (Lipinski definition) is 2. The topological polar surface area (TPSA) is 186 Å². The van der Waals surface area contributed by atoms with E-state index in [1.165, 1.54) is 15.7 Å². The van der Waals surface area contributed by atoms with Crippen molar-refractivity contribution in [2.75, 3.05) is 40.5 Å². The summed E-state index contributed by atoms with van der Waals surface area (Å²) in [5, 5.41) is 2.76. The molecule has 4 fully saturated rings. The Hall–Kier alpha value is -3.52. The Bertz CT molecular complexity index is 2260. The molecule has 2 saturated carbocycles. The predicted molar refractivity (Wildman–Crippen MR) is 256 cm³/mol. The third kappa shape index (κ3) is 12.7. The van der Waals surface area contributed by atoms with Gasteiger partial charge in [0, 0.05) is 90.6 Å². The average molecular weight is 976 g/mol. The maximum atomic E-state index is 15.5. The van der Waals surface area contributed by atoms with E-state index < -0.39 is 75.3 Å². The highest BCUT2D eigenvalue weighted by molar-refractivity contribution is 7.89. The number of aryl methyl sites for hydroxylation is 1. The van der Waals surface area contributed by atoms with Crippen molar-refractivity contribution in [2.45, 2.75) is 210 Å². The van der Waals surface area contributed by atoms with E-state index in [9.17, 15) is 27.6 Å². The Balaban J connectivity index is 1.03. The summed E-state index contributed by atoms with van der Waals surface area (Å²) >= 11 is 0. The molecule has 382 valence electrons. The van der Waals surface area contributed by atoms with Gasteiger partial charge in [-0.25, -0.2) is 22.3 Å². The maximum Gasteiger partial charge on any atom is 0.333 e. The van der Waals surface area contributed by atoms with Crippen molar-refractivity contribution < 1.29 is 46.1 Å². The summed E-state index contributed by atoms with van der Waals surface area (Å²) in [6.45, 7) is 13.4. The van der Waals surface area contributed by atoms with Gasteiger partial charge in [-0.15, -0.1) is 0 Å². The first-order valence-electron chi connectivity index (χ1n) is 25.0. The molecule has 3 heterocycles. The summed E-state index contributed by atoms with van der Waals surface area (Å²) in [5.41, 5.74) is 1.72. The van der Waals surface area contributed by atoms with Crippen LogP contribution in [0.25, 0.3) is 0 Å². The predicted octanol–water partition coefficient (Wildman–Crippen LogP) is 6.81. The van der Waals surface area contributed by atoms with Crippen molar-refractivity contribution >= 4 is 21.8 Å². The normalized spacial score (nSPS) is 24.1. The zero-order chi connectivity index (χ0) is 49.6. The van der Waals surface area contributed by atoms with Crippen LogP contribution in [-0.2, 0) is 49.8 Å². The molecule has 5 atom stereocenters. The minimum atomic E-state index is -4.17. The van der Waals surface area contributed by atoms with E-state index in [1.54, 1.807) is 21.1 Å². The fourth-order valence-corrected chi connectivity index (χ4v) is 12.2. The number of carbonyl (C=O) groups excluding carboxylic acids is 2. The van der Waals surface area contributed by atoms with Gasteiger partial charge < -0.3 is 33.9 Å². The second-order valence-electron chi connectivity index (χ2n) is 20.4. The molecule has 18 heteroatoms. The number of amides is 2. The highest BCUT2D eigenvalue weighted by Crippen LogP contribution is 2.41. The lowest BCUT2D eigenvalue weighted by Crippen LogP contribution is -2.45. The highest BCUT2D eigenvalue weighted by Gasteiger charge is 2.46. The molecule has 0 bridgehead atoms. The summed E-state index contributed by atoms with van der Waals surface area (Å²) in [6.07, 6.45) is 7.54. The molecule has 16 nitrogen and oxygen atoms in total. The number of rotatable bonds is 21. The number of methoxy groups -OCH3 is 2. The Morgan fingerprint density at radius 2 is 1.47 bits per heavy atom. The average Bonchev–Trinajstić information content (AvgIpc) is 3.89. The molecular formula is C50H78FN5O11S. The lowest BCUT2D eigenvalue weighted by molar-refractivity contribution is -0.282. The smallest absolute Gasteiger partial charge is 0.333 e. The van der Waals surface area contributed by atoms with Crippen LogP contribution >= 0.6 is 0 Å². The highest BCUT2D eigenvalue weighted by atomic mass is 32.2. The second-order valence-corrected chi connectivity index (χ2v) is 22.0. The number of halogens is 1. The number of hydrogen-bond acceptors (Lipinski definition) is 11. The molecule has 2 aliphatic carbocycles. The first-order chi connectivity index (χ1) is 32.2. The van der Waals surface area contributed by atoms with Crippen LogP contribution < -0.4 is 21.3 Å². The van der Waals surface area contributed by atoms with Crippen molar-refractivity contribution in [3.05, 3.63) is 61.4 Å². The van der Waals surface area contributed by atoms with Crippen LogP contribution in [0.1, 0.15) is 178 Å². The standard InChI is InChI=1S/C50H78FN5O11S/c1-32(2)36-25-37(33(3)4)46(38(26-36)34(5)6)68(61,62)53-40-30-54(29-39(40)51)44(58)18-17-43(57)52-23-16-24-55-47(59)35(7)28-56(48(55)60)45-27-41(67-50(64-9)21-14-11-15-22-50)42(66-45)31-65-49(63-8)19-12-10-13-20-49/h25-26,28,32-34,39-42,45,53H,10-24,27,29-31H2,1-9H3,(H,52,57)/t39?,40?,41-,42+,45+/m0/s1. The molecule has 2 aromatic rings. The van der Waals surface area contributed by atoms with Crippen LogP contribution in [-0.4, -0.2) is 111 Å². The van der Waals surface area contributed by atoms with E-state index in [4.69, 9.17) is 23.7 Å². The van der Waals surface area contributed by atoms with Gasteiger partial charge in [-0.1, -0.05) is 66.5 Å². The minimum Gasteiger partial charge on any atom is -0.356 e. The molecule has 6 rings (SSSR count). The molecule has 0 spiro atoms. The monoisotopic (exact) mass is 976 g/mol. The van der Waals surface area contributed by atoms with Gasteiger partial charge in [0.05, 0.1) is 30.2 Å². The van der Waals surface area contributed by atoms with E-state index in [1.807, 2.05) is 39.8 Å². The van der Waals surface area contributed by atoms with Crippen molar-refractivity contribution in [3.63, 3.8) is 0 Å². The second kappa shape index (κ2) is 23.1. The number of nitrogens with zero attached hydrogens (tertiary/aromatic N) is 3. The fourth-order valence-electron chi connectivity index (χ4n) is 10.2. The number of sulfonamides is 1. The zero-order valence-electron chi connectivity index (χ0n) is 41.9. The molecule has 0 radical (unpaired) electrons. The summed E-state index contributed by atoms with van der Waals surface area (Å²) in [7, 11) is -0.843. The van der Waals surface area contributed by atoms with Gasteiger partial charge in [0.2, 0.25) is 21.8 Å². The van der Waals surface area contributed by atoms with E-state index in [0.29, 0.717) is 23.1 Å². The van der Waals surface area contributed by atoms with Crippen LogP contribution in [0.4, 0.5) is 4.39 Å². The molecule has 2 saturated heterocycles. The molecule has 4 aliphatic rings. The quantitative estimate of drug-likeness (QED) is 0.0990. The van der Waals surface area contributed by atoms with Gasteiger partial charge >= 0.3 is 5.69 Å². The SMILES string of the molecule is COC1(OC[C@H]2O[C@@H](n3cc(C)c(=O)n(CCCNC(=O)CCC(=O)N4CC(F)C(NS(=O)(=O)c5c(C(C)C)cc(C(C)C)cc5C(C)C)C4)c3=O)C[C@@H]2OC2(OC)CCCCC2)CCCCC1. The van der Waals surface area contributed by atoms with Gasteiger partial charge in [0.1, 0.15) is 18.5 Å². The van der Waals surface area contributed by atoms with E-state index in [-0.39, 0.29) is 74.7 Å². The van der Waals surface area contributed by atoms with E-state index in [2.05, 4.69) is 23.9 Å². The largest absolute Gasteiger partial charge is 0.356 e. The van der Waals surface area contributed by atoms with Crippen molar-refractivity contribution in [3.8, 4) is 0 Å². The van der Waals surface area contributed by atoms with Gasteiger partial charge in [0.25, 0.3) is 5.56 Å². The first-order valence-corrected chi connectivity index (χ1v) is 26.5. The number of alkyl halides is 1. The zero-order valence-corrected chi connectivity index (χ0v) is 42.7. The van der Waals surface area contributed by atoms with Crippen molar-refractivity contribution in [1.29, 1.82) is 0 Å². The number of likely N-dealkylation sites (tertiary alicyclic amines) is 1. The van der Waals surface area contributed by atoms with Gasteiger partial charge in [-0.3, -0.25) is 23.5 Å². The van der Waals surface area contributed by atoms with E-state index in [0.717, 1.165) is 74.3 Å². The number of nitrogens with one attached hydrogen (secondary N) is 2. The molecule has 1 aromatic carbocycles. The van der Waals surface area contributed by atoms with Crippen LogP contribution in [0.2, 0.25) is 0 Å². The van der Waals surface area contributed by atoms with Crippen LogP contribution in [0.15, 0.2) is 32.8 Å². The molecule has 2 unspecified atom stereocenters. The van der Waals surface area contributed by atoms with Gasteiger partial charge in [-0.2, -0.15) is 0 Å². The Kier molecular flexibility index (Phi) is 18.3. The van der Waals surface area contributed by atoms with Crippen LogP contribution in [0.3, 0.4) is 0 Å². The van der Waals surface area contributed by atoms with Gasteiger partial charge in [-0.05, 0) is 73.5 Å². The fraction of sp³-hybridized carbons (Fsp3) is 0.760. The molecule has 1 aromatic heterocycles. The lowest BCUT2D eigenvalue weighted by atomic mass is 9.89. The summed E-state index contributed by atoms with van der Waals surface area (Å²) in [4.78, 5) is 54.9. The molecule has 2 aliphatic heterocycles. The summed E-state index contributed by atoms with van der Waals surface area (Å²) < 4.78 is 80.3. The third-order valence-electron chi connectivity index (χ3n) is 14.4. The molecule has 2 amide bonds. The van der Waals surface area contributed by atoms with Crippen LogP contribution in [0, 0.1) is 6.92 Å². The minimum absolute atomic E-state index is 0.0169.